The van der Waals surface area contributed by atoms with Crippen molar-refractivity contribution in [2.75, 3.05) is 13.2 Å². The monoisotopic (exact) mass is 526 g/mol. The number of Topliss-reactive ketones (excluding diaryl/α,β-unsaturated/α-hetero) is 1. The van der Waals surface area contributed by atoms with Gasteiger partial charge in [0.25, 0.3) is 5.91 Å². The van der Waals surface area contributed by atoms with E-state index in [0.717, 1.165) is 24.0 Å². The summed E-state index contributed by atoms with van der Waals surface area (Å²) in [6.45, 7) is 4.43. The first-order chi connectivity index (χ1) is 18.1. The van der Waals surface area contributed by atoms with Crippen molar-refractivity contribution >= 4 is 29.6 Å². The topological polar surface area (TPSA) is 148 Å². The molecule has 10 nitrogen and oxygen atoms in total. The third-order valence-electron chi connectivity index (χ3n) is 7.62. The number of ether oxygens (including phenoxy) is 1. The van der Waals surface area contributed by atoms with E-state index in [1.807, 2.05) is 38.1 Å². The maximum absolute atomic E-state index is 13.9. The molecule has 2 aliphatic carbocycles. The van der Waals surface area contributed by atoms with Crippen molar-refractivity contribution in [2.24, 2.45) is 23.5 Å². The van der Waals surface area contributed by atoms with E-state index in [1.165, 1.54) is 4.90 Å². The summed E-state index contributed by atoms with van der Waals surface area (Å²) < 4.78 is 5.32. The number of nitrogens with two attached hydrogens (primary N) is 1. The summed E-state index contributed by atoms with van der Waals surface area (Å²) >= 11 is 0. The van der Waals surface area contributed by atoms with Crippen molar-refractivity contribution in [3.8, 4) is 0 Å². The van der Waals surface area contributed by atoms with E-state index in [1.54, 1.807) is 0 Å². The van der Waals surface area contributed by atoms with Crippen LogP contribution in [-0.2, 0) is 36.8 Å². The van der Waals surface area contributed by atoms with Gasteiger partial charge in [-0.25, -0.2) is 4.79 Å². The zero-order valence-electron chi connectivity index (χ0n) is 22.1. The Morgan fingerprint density at radius 2 is 1.68 bits per heavy atom. The second-order valence-corrected chi connectivity index (χ2v) is 11.2. The molecule has 1 aromatic carbocycles. The molecule has 206 valence electrons. The summed E-state index contributed by atoms with van der Waals surface area (Å²) in [4.78, 5) is 65.3. The number of likely N-dealkylation sites (tertiary alicyclic amines) is 1. The fourth-order valence-electron chi connectivity index (χ4n) is 5.46. The molecule has 4 rings (SSSR count). The number of hydrogen-bond acceptors (Lipinski definition) is 6. The smallest absolute Gasteiger partial charge is 0.407 e. The molecule has 1 unspecified atom stereocenters. The minimum Gasteiger partial charge on any atom is -0.449 e. The van der Waals surface area contributed by atoms with E-state index in [2.05, 4.69) is 10.6 Å². The SMILES string of the molecule is CC(C)COC(=O)N[C@H](C(=O)N1CCC[C@H]1C(=O)NC(CC1CC1)C(=O)C(N)=O)C1Cc2ccccc2C1. The van der Waals surface area contributed by atoms with Crippen LogP contribution in [-0.4, -0.2) is 65.8 Å². The molecular weight excluding hydrogens is 488 g/mol. The lowest BCUT2D eigenvalue weighted by Gasteiger charge is -2.32. The highest BCUT2D eigenvalue weighted by atomic mass is 16.5. The molecule has 0 spiro atoms. The Morgan fingerprint density at radius 3 is 2.26 bits per heavy atom. The molecule has 1 aromatic rings. The Morgan fingerprint density at radius 1 is 1.03 bits per heavy atom. The number of rotatable bonds is 11. The first-order valence-electron chi connectivity index (χ1n) is 13.6. The Labute approximate surface area is 223 Å². The molecular formula is C28H38N4O6. The first-order valence-corrected chi connectivity index (χ1v) is 13.6. The van der Waals surface area contributed by atoms with Crippen LogP contribution in [0.5, 0.6) is 0 Å². The molecule has 1 saturated heterocycles. The summed E-state index contributed by atoms with van der Waals surface area (Å²) in [5.74, 6) is -2.50. The van der Waals surface area contributed by atoms with Crippen molar-refractivity contribution in [1.29, 1.82) is 0 Å². The number of carbonyl (C=O) groups excluding carboxylic acids is 5. The van der Waals surface area contributed by atoms with Gasteiger partial charge in [0.05, 0.1) is 12.6 Å². The second-order valence-electron chi connectivity index (χ2n) is 11.2. The molecule has 1 saturated carbocycles. The standard InChI is InChI=1S/C28H38N4O6/c1-16(2)15-38-28(37)31-23(20-13-18-6-3-4-7-19(18)14-20)27(36)32-11-5-8-22(32)26(35)30-21(12-17-9-10-17)24(33)25(29)34/h3-4,6-7,16-17,20-23H,5,8-15H2,1-2H3,(H2,29,34)(H,30,35)(H,31,37)/t21?,22-,23-/m0/s1. The van der Waals surface area contributed by atoms with Crippen LogP contribution < -0.4 is 16.4 Å². The lowest BCUT2D eigenvalue weighted by Crippen LogP contribution is -2.58. The fraction of sp³-hybridized carbons (Fsp3) is 0.607. The van der Waals surface area contributed by atoms with Gasteiger partial charge >= 0.3 is 6.09 Å². The number of primary amides is 1. The van der Waals surface area contributed by atoms with Gasteiger partial charge in [-0.1, -0.05) is 51.0 Å². The normalized spacial score (nSPS) is 20.5. The molecule has 4 amide bonds. The van der Waals surface area contributed by atoms with Gasteiger partial charge in [-0.2, -0.15) is 0 Å². The fourth-order valence-corrected chi connectivity index (χ4v) is 5.46. The van der Waals surface area contributed by atoms with Crippen LogP contribution in [0, 0.1) is 17.8 Å². The minimum absolute atomic E-state index is 0.143. The van der Waals surface area contributed by atoms with Crippen molar-refractivity contribution in [1.82, 2.24) is 15.5 Å². The predicted molar refractivity (Wildman–Crippen MR) is 139 cm³/mol. The summed E-state index contributed by atoms with van der Waals surface area (Å²) in [5, 5.41) is 5.49. The molecule has 1 heterocycles. The van der Waals surface area contributed by atoms with Crippen LogP contribution in [0.1, 0.15) is 57.1 Å². The number of carbonyl (C=O) groups is 5. The highest BCUT2D eigenvalue weighted by molar-refractivity contribution is 6.37. The molecule has 4 N–H and O–H groups in total. The van der Waals surface area contributed by atoms with Gasteiger partial charge in [0.1, 0.15) is 12.1 Å². The van der Waals surface area contributed by atoms with Crippen LogP contribution in [0.15, 0.2) is 24.3 Å². The predicted octanol–water partition coefficient (Wildman–Crippen LogP) is 1.48. The highest BCUT2D eigenvalue weighted by Gasteiger charge is 2.43. The van der Waals surface area contributed by atoms with E-state index >= 15 is 0 Å². The Bertz CT molecular complexity index is 1060. The quantitative estimate of drug-likeness (QED) is 0.372. The van der Waals surface area contributed by atoms with Gasteiger partial charge in [0.2, 0.25) is 17.6 Å². The number of fused-ring (bicyclic) bond motifs is 1. The van der Waals surface area contributed by atoms with E-state index < -0.39 is 41.8 Å². The number of amides is 4. The summed E-state index contributed by atoms with van der Waals surface area (Å²) in [5.41, 5.74) is 7.49. The zero-order valence-corrected chi connectivity index (χ0v) is 22.1. The summed E-state index contributed by atoms with van der Waals surface area (Å²) in [6, 6.07) is 5.29. The van der Waals surface area contributed by atoms with Gasteiger partial charge in [-0.15, -0.1) is 0 Å². The molecule has 2 fully saturated rings. The number of alkyl carbamates (subject to hydrolysis) is 1. The summed E-state index contributed by atoms with van der Waals surface area (Å²) in [7, 11) is 0. The van der Waals surface area contributed by atoms with E-state index in [4.69, 9.17) is 10.5 Å². The molecule has 3 aliphatic rings. The molecule has 38 heavy (non-hydrogen) atoms. The Kier molecular flexibility index (Phi) is 8.69. The summed E-state index contributed by atoms with van der Waals surface area (Å²) in [6.07, 6.45) is 3.86. The van der Waals surface area contributed by atoms with Crippen LogP contribution >= 0.6 is 0 Å². The van der Waals surface area contributed by atoms with E-state index in [9.17, 15) is 24.0 Å². The van der Waals surface area contributed by atoms with Gasteiger partial charge in [-0.05, 0) is 61.0 Å². The van der Waals surface area contributed by atoms with Crippen LogP contribution in [0.25, 0.3) is 0 Å². The van der Waals surface area contributed by atoms with Crippen LogP contribution in [0.2, 0.25) is 0 Å². The zero-order chi connectivity index (χ0) is 27.4. The molecule has 1 aliphatic heterocycles. The number of nitrogens with zero attached hydrogens (tertiary/aromatic N) is 1. The van der Waals surface area contributed by atoms with E-state index in [0.29, 0.717) is 38.6 Å². The molecule has 0 aromatic heterocycles. The second kappa shape index (κ2) is 12.0. The van der Waals surface area contributed by atoms with Gasteiger partial charge in [0, 0.05) is 6.54 Å². The number of hydrogen-bond donors (Lipinski definition) is 3. The lowest BCUT2D eigenvalue weighted by atomic mass is 9.95. The lowest BCUT2D eigenvalue weighted by molar-refractivity contribution is -0.142. The van der Waals surface area contributed by atoms with Crippen molar-refractivity contribution in [2.45, 2.75) is 76.9 Å². The van der Waals surface area contributed by atoms with Gasteiger partial charge in [-0.3, -0.25) is 19.2 Å². The van der Waals surface area contributed by atoms with Crippen LogP contribution in [0.4, 0.5) is 4.79 Å². The molecule has 0 radical (unpaired) electrons. The molecule has 0 bridgehead atoms. The first kappa shape index (κ1) is 27.6. The largest absolute Gasteiger partial charge is 0.449 e. The maximum atomic E-state index is 13.9. The van der Waals surface area contributed by atoms with Crippen molar-refractivity contribution < 1.29 is 28.7 Å². The highest BCUT2D eigenvalue weighted by Crippen LogP contribution is 2.34. The average molecular weight is 527 g/mol. The Balaban J connectivity index is 1.49. The third kappa shape index (κ3) is 6.71. The number of ketones is 1. The van der Waals surface area contributed by atoms with Gasteiger partial charge < -0.3 is 26.0 Å². The Hall–Kier alpha value is -3.43. The maximum Gasteiger partial charge on any atom is 0.407 e. The third-order valence-corrected chi connectivity index (χ3v) is 7.62. The van der Waals surface area contributed by atoms with Crippen molar-refractivity contribution in [3.63, 3.8) is 0 Å². The van der Waals surface area contributed by atoms with Crippen LogP contribution in [0.3, 0.4) is 0 Å². The number of benzene rings is 1. The van der Waals surface area contributed by atoms with E-state index in [-0.39, 0.29) is 30.3 Å². The van der Waals surface area contributed by atoms with Crippen molar-refractivity contribution in [3.05, 3.63) is 35.4 Å². The molecule has 3 atom stereocenters. The average Bonchev–Trinajstić information content (AvgIpc) is 3.38. The number of nitrogens with one attached hydrogen (secondary N) is 2. The molecule has 10 heteroatoms. The van der Waals surface area contributed by atoms with Gasteiger partial charge in [0.15, 0.2) is 0 Å². The minimum atomic E-state index is -1.08.